The number of benzene rings is 1. The van der Waals surface area contributed by atoms with E-state index in [4.69, 9.17) is 4.74 Å². The van der Waals surface area contributed by atoms with Crippen molar-refractivity contribution >= 4 is 27.5 Å². The molecular formula is C10H9BrN2OS. The number of aromatic nitrogens is 2. The average molecular weight is 285 g/mol. The molecule has 0 unspecified atom stereocenters. The molecule has 0 atom stereocenters. The normalized spacial score (nSPS) is 10.3. The molecule has 0 aliphatic carbocycles. The van der Waals surface area contributed by atoms with E-state index in [1.807, 2.05) is 24.3 Å². The Kier molecular flexibility index (Phi) is 3.33. The van der Waals surface area contributed by atoms with Gasteiger partial charge in [-0.15, -0.1) is 0 Å². The SMILES string of the molecule is COc1ccc(-c2nsc(CBr)n2)cc1. The highest BCUT2D eigenvalue weighted by Gasteiger charge is 2.05. The topological polar surface area (TPSA) is 35.0 Å². The Labute approximate surface area is 100 Å². The molecule has 0 radical (unpaired) electrons. The second-order valence-electron chi connectivity index (χ2n) is 2.87. The van der Waals surface area contributed by atoms with Crippen LogP contribution >= 0.6 is 27.5 Å². The van der Waals surface area contributed by atoms with Gasteiger partial charge in [0.05, 0.1) is 12.4 Å². The molecule has 0 bridgehead atoms. The Morgan fingerprint density at radius 1 is 1.33 bits per heavy atom. The zero-order valence-corrected chi connectivity index (χ0v) is 10.5. The minimum absolute atomic E-state index is 0.751. The standard InChI is InChI=1S/C10H9BrN2OS/c1-14-8-4-2-7(3-5-8)10-12-9(6-11)15-13-10/h2-5H,6H2,1H3. The lowest BCUT2D eigenvalue weighted by Gasteiger charge is -1.99. The predicted molar refractivity (Wildman–Crippen MR) is 64.5 cm³/mol. The third kappa shape index (κ3) is 2.35. The molecular weight excluding hydrogens is 276 g/mol. The van der Waals surface area contributed by atoms with Crippen LogP contribution in [0.15, 0.2) is 24.3 Å². The lowest BCUT2D eigenvalue weighted by atomic mass is 10.2. The summed E-state index contributed by atoms with van der Waals surface area (Å²) in [6, 6.07) is 7.73. The minimum Gasteiger partial charge on any atom is -0.497 e. The van der Waals surface area contributed by atoms with Crippen molar-refractivity contribution in [1.82, 2.24) is 9.36 Å². The maximum Gasteiger partial charge on any atom is 0.173 e. The molecule has 0 amide bonds. The Morgan fingerprint density at radius 2 is 2.07 bits per heavy atom. The van der Waals surface area contributed by atoms with Crippen molar-refractivity contribution in [3.63, 3.8) is 0 Å². The highest BCUT2D eigenvalue weighted by Crippen LogP contribution is 2.21. The van der Waals surface area contributed by atoms with Gasteiger partial charge in [-0.25, -0.2) is 4.98 Å². The van der Waals surface area contributed by atoms with E-state index in [1.54, 1.807) is 7.11 Å². The predicted octanol–water partition coefficient (Wildman–Crippen LogP) is 3.11. The van der Waals surface area contributed by atoms with Crippen LogP contribution in [0.2, 0.25) is 0 Å². The first kappa shape index (κ1) is 10.6. The largest absolute Gasteiger partial charge is 0.497 e. The van der Waals surface area contributed by atoms with E-state index in [0.717, 1.165) is 27.5 Å². The number of halogens is 1. The van der Waals surface area contributed by atoms with E-state index in [0.29, 0.717) is 0 Å². The van der Waals surface area contributed by atoms with Gasteiger partial charge in [0.25, 0.3) is 0 Å². The number of ether oxygens (including phenoxy) is 1. The molecule has 0 aliphatic heterocycles. The summed E-state index contributed by atoms with van der Waals surface area (Å²) in [6.07, 6.45) is 0. The highest BCUT2D eigenvalue weighted by atomic mass is 79.9. The maximum atomic E-state index is 5.09. The van der Waals surface area contributed by atoms with Crippen LogP contribution in [0, 0.1) is 0 Å². The summed E-state index contributed by atoms with van der Waals surface area (Å²) in [7, 11) is 1.65. The van der Waals surface area contributed by atoms with Crippen LogP contribution in [-0.2, 0) is 5.33 Å². The van der Waals surface area contributed by atoms with Crippen LogP contribution in [0.25, 0.3) is 11.4 Å². The van der Waals surface area contributed by atoms with Crippen molar-refractivity contribution in [3.05, 3.63) is 29.3 Å². The van der Waals surface area contributed by atoms with Crippen LogP contribution in [0.1, 0.15) is 5.01 Å². The molecule has 2 aromatic rings. The first-order valence-corrected chi connectivity index (χ1v) is 6.26. The quantitative estimate of drug-likeness (QED) is 0.813. The van der Waals surface area contributed by atoms with Crippen LogP contribution in [0.4, 0.5) is 0 Å². The van der Waals surface area contributed by atoms with Gasteiger partial charge in [-0.05, 0) is 35.8 Å². The monoisotopic (exact) mass is 284 g/mol. The second-order valence-corrected chi connectivity index (χ2v) is 4.27. The van der Waals surface area contributed by atoms with E-state index in [2.05, 4.69) is 25.3 Å². The molecule has 15 heavy (non-hydrogen) atoms. The molecule has 78 valence electrons. The Balaban J connectivity index is 2.28. The fraction of sp³-hybridized carbons (Fsp3) is 0.200. The third-order valence-electron chi connectivity index (χ3n) is 1.93. The van der Waals surface area contributed by atoms with Crippen LogP contribution in [0.5, 0.6) is 5.75 Å². The molecule has 0 saturated carbocycles. The maximum absolute atomic E-state index is 5.09. The number of hydrogen-bond acceptors (Lipinski definition) is 4. The van der Waals surface area contributed by atoms with Gasteiger partial charge >= 0.3 is 0 Å². The van der Waals surface area contributed by atoms with Crippen molar-refractivity contribution in [3.8, 4) is 17.1 Å². The smallest absolute Gasteiger partial charge is 0.173 e. The molecule has 5 heteroatoms. The average Bonchev–Trinajstić information content (AvgIpc) is 2.78. The van der Waals surface area contributed by atoms with E-state index >= 15 is 0 Å². The summed E-state index contributed by atoms with van der Waals surface area (Å²) in [6.45, 7) is 0. The Hall–Kier alpha value is -0.940. The summed E-state index contributed by atoms with van der Waals surface area (Å²) in [4.78, 5) is 4.37. The van der Waals surface area contributed by atoms with Crippen LogP contribution in [0.3, 0.4) is 0 Å². The summed E-state index contributed by atoms with van der Waals surface area (Å²) in [5.41, 5.74) is 1.01. The molecule has 1 heterocycles. The second kappa shape index (κ2) is 4.72. The van der Waals surface area contributed by atoms with Gasteiger partial charge in [0.15, 0.2) is 5.82 Å². The summed E-state index contributed by atoms with van der Waals surface area (Å²) < 4.78 is 9.36. The lowest BCUT2D eigenvalue weighted by Crippen LogP contribution is -1.84. The van der Waals surface area contributed by atoms with Gasteiger partial charge in [0, 0.05) is 5.56 Å². The van der Waals surface area contributed by atoms with Crippen molar-refractivity contribution in [1.29, 1.82) is 0 Å². The number of rotatable bonds is 3. The number of hydrogen-bond donors (Lipinski definition) is 0. The Bertz CT molecular complexity index is 441. The zero-order chi connectivity index (χ0) is 10.7. The Morgan fingerprint density at radius 3 is 2.60 bits per heavy atom. The van der Waals surface area contributed by atoms with Crippen LogP contribution < -0.4 is 4.74 Å². The van der Waals surface area contributed by atoms with E-state index < -0.39 is 0 Å². The third-order valence-corrected chi connectivity index (χ3v) is 3.54. The summed E-state index contributed by atoms with van der Waals surface area (Å²) in [5, 5.41) is 1.74. The summed E-state index contributed by atoms with van der Waals surface area (Å²) >= 11 is 4.77. The number of alkyl halides is 1. The molecule has 0 N–H and O–H groups in total. The van der Waals surface area contributed by atoms with E-state index in [1.165, 1.54) is 11.5 Å². The van der Waals surface area contributed by atoms with Crippen molar-refractivity contribution in [2.24, 2.45) is 0 Å². The first-order valence-electron chi connectivity index (χ1n) is 4.36. The van der Waals surface area contributed by atoms with Crippen LogP contribution in [-0.4, -0.2) is 16.5 Å². The van der Waals surface area contributed by atoms with Gasteiger partial charge < -0.3 is 4.74 Å². The molecule has 0 spiro atoms. The fourth-order valence-electron chi connectivity index (χ4n) is 1.17. The molecule has 0 aliphatic rings. The highest BCUT2D eigenvalue weighted by molar-refractivity contribution is 9.08. The number of nitrogens with zero attached hydrogens (tertiary/aromatic N) is 2. The fourth-order valence-corrected chi connectivity index (χ4v) is 2.11. The number of methoxy groups -OCH3 is 1. The van der Waals surface area contributed by atoms with E-state index in [-0.39, 0.29) is 0 Å². The minimum atomic E-state index is 0.751. The zero-order valence-electron chi connectivity index (χ0n) is 8.11. The molecule has 3 nitrogen and oxygen atoms in total. The first-order chi connectivity index (χ1) is 7.33. The summed E-state index contributed by atoms with van der Waals surface area (Å²) in [5.74, 6) is 1.62. The van der Waals surface area contributed by atoms with Gasteiger partial charge in [0.1, 0.15) is 10.8 Å². The van der Waals surface area contributed by atoms with E-state index in [9.17, 15) is 0 Å². The van der Waals surface area contributed by atoms with Crippen molar-refractivity contribution in [2.45, 2.75) is 5.33 Å². The molecule has 1 aromatic heterocycles. The van der Waals surface area contributed by atoms with Crippen molar-refractivity contribution < 1.29 is 4.74 Å². The van der Waals surface area contributed by atoms with Crippen molar-refractivity contribution in [2.75, 3.05) is 7.11 Å². The molecule has 1 aromatic carbocycles. The van der Waals surface area contributed by atoms with Gasteiger partial charge in [-0.1, -0.05) is 15.9 Å². The molecule has 2 rings (SSSR count). The van der Waals surface area contributed by atoms with Gasteiger partial charge in [0.2, 0.25) is 0 Å². The molecule has 0 fully saturated rings. The van der Waals surface area contributed by atoms with Gasteiger partial charge in [-0.3, -0.25) is 0 Å². The van der Waals surface area contributed by atoms with Gasteiger partial charge in [-0.2, -0.15) is 4.37 Å². The molecule has 0 saturated heterocycles. The lowest BCUT2D eigenvalue weighted by molar-refractivity contribution is 0.415.